The number of hydrogen-bond acceptors (Lipinski definition) is 5. The van der Waals surface area contributed by atoms with E-state index in [1.165, 1.54) is 17.6 Å². The number of thiophene rings is 1. The number of nitrogens with one attached hydrogen (secondary N) is 2. The third kappa shape index (κ3) is 4.56. The van der Waals surface area contributed by atoms with Crippen LogP contribution in [0.25, 0.3) is 0 Å². The Bertz CT molecular complexity index is 1150. The van der Waals surface area contributed by atoms with E-state index < -0.39 is 0 Å². The van der Waals surface area contributed by atoms with Crippen LogP contribution in [0.1, 0.15) is 51.1 Å². The van der Waals surface area contributed by atoms with Crippen molar-refractivity contribution in [2.75, 3.05) is 17.7 Å². The molecule has 0 aliphatic heterocycles. The predicted octanol–water partition coefficient (Wildman–Crippen LogP) is 5.33. The molecule has 4 rings (SSSR count). The molecule has 0 radical (unpaired) electrons. The van der Waals surface area contributed by atoms with E-state index in [-0.39, 0.29) is 5.97 Å². The van der Waals surface area contributed by atoms with E-state index in [4.69, 9.17) is 17.0 Å². The largest absolute Gasteiger partial charge is 0.465 e. The standard InChI is InChI=1S/C24H28N4O2S2/c1-14-10-11-18-19(12-14)32-22(20(18)23(29)30-4)26-24(31)25-21-15(2)27-28(16(21)3)13-17-8-6-5-7-9-17/h5-9,14H,10-13H2,1-4H3,(H2,25,26,31). The van der Waals surface area contributed by atoms with Crippen LogP contribution in [0.2, 0.25) is 0 Å². The second kappa shape index (κ2) is 9.42. The minimum absolute atomic E-state index is 0.314. The summed E-state index contributed by atoms with van der Waals surface area (Å²) in [4.78, 5) is 13.8. The van der Waals surface area contributed by atoms with Gasteiger partial charge in [-0.3, -0.25) is 4.68 Å². The first-order valence-electron chi connectivity index (χ1n) is 10.8. The molecule has 8 heteroatoms. The molecule has 0 saturated heterocycles. The summed E-state index contributed by atoms with van der Waals surface area (Å²) in [6.45, 7) is 6.93. The quantitative estimate of drug-likeness (QED) is 0.390. The predicted molar refractivity (Wildman–Crippen MR) is 134 cm³/mol. The number of aryl methyl sites for hydroxylation is 1. The number of methoxy groups -OCH3 is 1. The van der Waals surface area contributed by atoms with Crippen LogP contribution in [0.3, 0.4) is 0 Å². The number of carbonyl (C=O) groups is 1. The molecule has 0 amide bonds. The molecule has 2 heterocycles. The van der Waals surface area contributed by atoms with Gasteiger partial charge < -0.3 is 15.4 Å². The van der Waals surface area contributed by atoms with Gasteiger partial charge in [-0.05, 0) is 62.4 Å². The van der Waals surface area contributed by atoms with E-state index >= 15 is 0 Å². The highest BCUT2D eigenvalue weighted by molar-refractivity contribution is 7.80. The Hall–Kier alpha value is -2.71. The van der Waals surface area contributed by atoms with E-state index in [0.29, 0.717) is 23.1 Å². The average molecular weight is 469 g/mol. The third-order valence-corrected chi connectivity index (χ3v) is 7.30. The van der Waals surface area contributed by atoms with Gasteiger partial charge in [-0.1, -0.05) is 37.3 Å². The molecule has 0 saturated carbocycles. The zero-order chi connectivity index (χ0) is 22.8. The number of thiocarbonyl (C=S) groups is 1. The highest BCUT2D eigenvalue weighted by Gasteiger charge is 2.28. The number of carbonyl (C=O) groups excluding carboxylic acids is 1. The van der Waals surface area contributed by atoms with E-state index in [9.17, 15) is 4.79 Å². The molecule has 1 aliphatic carbocycles. The van der Waals surface area contributed by atoms with Gasteiger partial charge in [0, 0.05) is 4.88 Å². The van der Waals surface area contributed by atoms with Crippen LogP contribution in [0, 0.1) is 19.8 Å². The van der Waals surface area contributed by atoms with Crippen molar-refractivity contribution in [3.8, 4) is 0 Å². The molecule has 32 heavy (non-hydrogen) atoms. The van der Waals surface area contributed by atoms with Crippen molar-refractivity contribution in [2.45, 2.75) is 46.6 Å². The maximum atomic E-state index is 12.5. The zero-order valence-electron chi connectivity index (χ0n) is 18.8. The number of esters is 1. The molecule has 1 atom stereocenters. The van der Waals surface area contributed by atoms with Gasteiger partial charge in [0.15, 0.2) is 5.11 Å². The van der Waals surface area contributed by atoms with Crippen LogP contribution in [-0.2, 0) is 24.1 Å². The number of fused-ring (bicyclic) bond motifs is 1. The van der Waals surface area contributed by atoms with Gasteiger partial charge in [0.05, 0.1) is 36.3 Å². The number of anilines is 2. The Morgan fingerprint density at radius 1 is 1.28 bits per heavy atom. The van der Waals surface area contributed by atoms with Gasteiger partial charge >= 0.3 is 5.97 Å². The van der Waals surface area contributed by atoms with Crippen molar-refractivity contribution in [3.05, 3.63) is 63.3 Å². The third-order valence-electron chi connectivity index (χ3n) is 5.92. The summed E-state index contributed by atoms with van der Waals surface area (Å²) in [5.74, 6) is 0.302. The van der Waals surface area contributed by atoms with Gasteiger partial charge in [-0.25, -0.2) is 4.79 Å². The Balaban J connectivity index is 1.54. The molecule has 0 spiro atoms. The summed E-state index contributed by atoms with van der Waals surface area (Å²) in [5, 5.41) is 12.4. The van der Waals surface area contributed by atoms with Crippen LogP contribution >= 0.6 is 23.6 Å². The maximum absolute atomic E-state index is 12.5. The summed E-state index contributed by atoms with van der Waals surface area (Å²) < 4.78 is 7.05. The maximum Gasteiger partial charge on any atom is 0.341 e. The summed E-state index contributed by atoms with van der Waals surface area (Å²) in [6.07, 6.45) is 2.95. The van der Waals surface area contributed by atoms with E-state index in [2.05, 4.69) is 34.8 Å². The lowest BCUT2D eigenvalue weighted by Crippen LogP contribution is -2.21. The SMILES string of the molecule is COC(=O)c1c(NC(=S)Nc2c(C)nn(Cc3ccccc3)c2C)sc2c1CCC(C)C2. The minimum atomic E-state index is -0.314. The molecule has 1 unspecified atom stereocenters. The highest BCUT2D eigenvalue weighted by atomic mass is 32.1. The minimum Gasteiger partial charge on any atom is -0.465 e. The summed E-state index contributed by atoms with van der Waals surface area (Å²) in [6, 6.07) is 10.2. The normalized spacial score (nSPS) is 15.2. The Morgan fingerprint density at radius 3 is 2.75 bits per heavy atom. The molecular weight excluding hydrogens is 440 g/mol. The van der Waals surface area contributed by atoms with Crippen LogP contribution in [0.5, 0.6) is 0 Å². The van der Waals surface area contributed by atoms with Gasteiger partial charge in [0.2, 0.25) is 0 Å². The number of aromatic nitrogens is 2. The molecular formula is C24H28N4O2S2. The van der Waals surface area contributed by atoms with Gasteiger partial charge in [0.25, 0.3) is 0 Å². The fourth-order valence-corrected chi connectivity index (χ4v) is 5.86. The van der Waals surface area contributed by atoms with Crippen molar-refractivity contribution in [1.82, 2.24) is 9.78 Å². The molecule has 2 aromatic heterocycles. The number of rotatable bonds is 5. The highest BCUT2D eigenvalue weighted by Crippen LogP contribution is 2.40. The lowest BCUT2D eigenvalue weighted by molar-refractivity contribution is 0.0601. The van der Waals surface area contributed by atoms with Crippen molar-refractivity contribution in [1.29, 1.82) is 0 Å². The molecule has 168 valence electrons. The van der Waals surface area contributed by atoms with E-state index in [0.717, 1.165) is 46.9 Å². The Labute approximate surface area is 198 Å². The summed E-state index contributed by atoms with van der Waals surface area (Å²) >= 11 is 7.22. The smallest absolute Gasteiger partial charge is 0.341 e. The lowest BCUT2D eigenvalue weighted by Gasteiger charge is -2.18. The summed E-state index contributed by atoms with van der Waals surface area (Å²) in [7, 11) is 1.42. The van der Waals surface area contributed by atoms with Crippen molar-refractivity contribution in [3.63, 3.8) is 0 Å². The van der Waals surface area contributed by atoms with Gasteiger partial charge in [-0.15, -0.1) is 11.3 Å². The lowest BCUT2D eigenvalue weighted by atomic mass is 9.88. The van der Waals surface area contributed by atoms with Crippen LogP contribution < -0.4 is 10.6 Å². The van der Waals surface area contributed by atoms with Crippen LogP contribution in [0.4, 0.5) is 10.7 Å². The van der Waals surface area contributed by atoms with E-state index in [1.54, 1.807) is 11.3 Å². The number of nitrogens with zero attached hydrogens (tertiary/aromatic N) is 2. The van der Waals surface area contributed by atoms with E-state index in [1.807, 2.05) is 36.7 Å². The molecule has 6 nitrogen and oxygen atoms in total. The molecule has 2 N–H and O–H groups in total. The molecule has 0 bridgehead atoms. The second-order valence-electron chi connectivity index (χ2n) is 8.32. The number of ether oxygens (including phenoxy) is 1. The first kappa shape index (κ1) is 22.5. The first-order chi connectivity index (χ1) is 15.4. The van der Waals surface area contributed by atoms with Crippen LogP contribution in [-0.4, -0.2) is 28.0 Å². The zero-order valence-corrected chi connectivity index (χ0v) is 20.5. The average Bonchev–Trinajstić information content (AvgIpc) is 3.25. The number of hydrogen-bond donors (Lipinski definition) is 2. The molecule has 1 aliphatic rings. The van der Waals surface area contributed by atoms with Gasteiger partial charge in [0.1, 0.15) is 5.00 Å². The van der Waals surface area contributed by atoms with Gasteiger partial charge in [-0.2, -0.15) is 5.10 Å². The summed E-state index contributed by atoms with van der Waals surface area (Å²) in [5.41, 5.74) is 5.67. The molecule has 0 fully saturated rings. The fourth-order valence-electron chi connectivity index (χ4n) is 4.19. The second-order valence-corrected chi connectivity index (χ2v) is 9.83. The van der Waals surface area contributed by atoms with Crippen molar-refractivity contribution >= 4 is 45.3 Å². The Morgan fingerprint density at radius 2 is 2.03 bits per heavy atom. The van der Waals surface area contributed by atoms with Crippen molar-refractivity contribution in [2.24, 2.45) is 5.92 Å². The first-order valence-corrected chi connectivity index (χ1v) is 12.0. The van der Waals surface area contributed by atoms with Crippen molar-refractivity contribution < 1.29 is 9.53 Å². The fraction of sp³-hybridized carbons (Fsp3) is 0.375. The number of benzene rings is 1. The van der Waals surface area contributed by atoms with Crippen LogP contribution in [0.15, 0.2) is 30.3 Å². The molecule has 3 aromatic rings. The topological polar surface area (TPSA) is 68.2 Å². The monoisotopic (exact) mass is 468 g/mol. The molecule has 1 aromatic carbocycles. The Kier molecular flexibility index (Phi) is 6.62.